The van der Waals surface area contributed by atoms with Crippen molar-refractivity contribution in [3.8, 4) is 0 Å². The molecule has 0 saturated heterocycles. The minimum Gasteiger partial charge on any atom is -0.328 e. The van der Waals surface area contributed by atoms with E-state index in [9.17, 15) is 13.3 Å². The molecule has 0 aromatic heterocycles. The number of rotatable bonds is 7. The Balaban J connectivity index is 2.63. The average molecular weight is 290 g/mol. The maximum atomic E-state index is 13.5. The third-order valence-corrected chi connectivity index (χ3v) is 6.16. The van der Waals surface area contributed by atoms with Crippen molar-refractivity contribution in [3.63, 3.8) is 0 Å². The molecule has 0 amide bonds. The molecule has 1 aliphatic rings. The van der Waals surface area contributed by atoms with Crippen molar-refractivity contribution in [1.29, 1.82) is 0 Å². The molecule has 3 unspecified atom stereocenters. The standard InChI is InChI=1S/C14H21F2O2P/c1-4-18-19(17,14-10-11(14)2)9-8-13(16)7-5-6-12(3)15/h5-8,11,14H,4,9-10H2,1-3H3/b7-5-,12-6+,13-8-. The fourth-order valence-electron chi connectivity index (χ4n) is 1.91. The van der Waals surface area contributed by atoms with Gasteiger partial charge in [0.05, 0.1) is 12.4 Å². The summed E-state index contributed by atoms with van der Waals surface area (Å²) in [5.74, 6) is -0.525. The summed E-state index contributed by atoms with van der Waals surface area (Å²) in [6.45, 7) is 5.46. The van der Waals surface area contributed by atoms with Crippen LogP contribution in [0, 0.1) is 5.92 Å². The van der Waals surface area contributed by atoms with Crippen molar-refractivity contribution in [3.05, 3.63) is 36.0 Å². The number of halogens is 2. The Hall–Kier alpha value is -0.730. The van der Waals surface area contributed by atoms with Gasteiger partial charge in [-0.1, -0.05) is 13.0 Å². The average Bonchev–Trinajstić information content (AvgIpc) is 3.05. The molecule has 0 spiro atoms. The summed E-state index contributed by atoms with van der Waals surface area (Å²) in [4.78, 5) is 0. The Morgan fingerprint density at radius 1 is 1.47 bits per heavy atom. The Labute approximate surface area is 113 Å². The maximum Gasteiger partial charge on any atom is 0.210 e. The quantitative estimate of drug-likeness (QED) is 0.487. The molecule has 0 heterocycles. The molecule has 3 atom stereocenters. The van der Waals surface area contributed by atoms with Crippen LogP contribution in [0.4, 0.5) is 8.78 Å². The minimum atomic E-state index is -2.78. The molecule has 5 heteroatoms. The second-order valence-corrected chi connectivity index (χ2v) is 7.55. The van der Waals surface area contributed by atoms with Crippen LogP contribution in [0.5, 0.6) is 0 Å². The SMILES string of the molecule is CCOP(=O)(C/C=C(F)/C=C\C=C(/C)F)C1CC1C. The van der Waals surface area contributed by atoms with Crippen LogP contribution in [0.1, 0.15) is 27.2 Å². The zero-order valence-electron chi connectivity index (χ0n) is 11.6. The summed E-state index contributed by atoms with van der Waals surface area (Å²) >= 11 is 0. The lowest BCUT2D eigenvalue weighted by Crippen LogP contribution is -2.00. The third kappa shape index (κ3) is 5.42. The maximum absolute atomic E-state index is 13.5. The van der Waals surface area contributed by atoms with Gasteiger partial charge in [0.15, 0.2) is 0 Å². The van der Waals surface area contributed by atoms with Gasteiger partial charge in [0.25, 0.3) is 0 Å². The van der Waals surface area contributed by atoms with Gasteiger partial charge in [-0.3, -0.25) is 4.57 Å². The van der Waals surface area contributed by atoms with Crippen molar-refractivity contribution in [1.82, 2.24) is 0 Å². The fourth-order valence-corrected chi connectivity index (χ4v) is 4.77. The highest BCUT2D eigenvalue weighted by molar-refractivity contribution is 7.60. The first kappa shape index (κ1) is 16.3. The van der Waals surface area contributed by atoms with E-state index in [1.807, 2.05) is 6.92 Å². The molecule has 0 aliphatic heterocycles. The van der Waals surface area contributed by atoms with Crippen LogP contribution in [0.2, 0.25) is 0 Å². The van der Waals surface area contributed by atoms with Crippen LogP contribution < -0.4 is 0 Å². The Bertz CT molecular complexity index is 437. The van der Waals surface area contributed by atoms with Crippen molar-refractivity contribution < 1.29 is 17.9 Å². The van der Waals surface area contributed by atoms with E-state index in [2.05, 4.69) is 0 Å². The lowest BCUT2D eigenvalue weighted by atomic mass is 10.4. The minimum absolute atomic E-state index is 0.0634. The molecule has 1 fully saturated rings. The van der Waals surface area contributed by atoms with Crippen molar-refractivity contribution >= 4 is 7.37 Å². The van der Waals surface area contributed by atoms with Gasteiger partial charge in [-0.2, -0.15) is 0 Å². The van der Waals surface area contributed by atoms with E-state index in [0.717, 1.165) is 12.5 Å². The molecule has 1 saturated carbocycles. The van der Waals surface area contributed by atoms with Gasteiger partial charge in [0.1, 0.15) is 5.83 Å². The van der Waals surface area contributed by atoms with E-state index < -0.39 is 19.0 Å². The molecule has 0 bridgehead atoms. The first-order valence-electron chi connectivity index (χ1n) is 6.48. The molecule has 108 valence electrons. The fraction of sp³-hybridized carbons (Fsp3) is 0.571. The third-order valence-electron chi connectivity index (χ3n) is 3.04. The Kier molecular flexibility index (Phi) is 6.15. The highest BCUT2D eigenvalue weighted by Gasteiger charge is 2.47. The van der Waals surface area contributed by atoms with Crippen LogP contribution in [0.15, 0.2) is 36.0 Å². The van der Waals surface area contributed by atoms with Crippen LogP contribution in [0.3, 0.4) is 0 Å². The van der Waals surface area contributed by atoms with E-state index in [0.29, 0.717) is 12.5 Å². The smallest absolute Gasteiger partial charge is 0.210 e. The van der Waals surface area contributed by atoms with Crippen LogP contribution >= 0.6 is 7.37 Å². The molecule has 0 radical (unpaired) electrons. The predicted octanol–water partition coefficient (Wildman–Crippen LogP) is 4.99. The Morgan fingerprint density at radius 2 is 2.11 bits per heavy atom. The molecular formula is C14H21F2O2P. The summed E-state index contributed by atoms with van der Waals surface area (Å²) in [5.41, 5.74) is 0.0634. The largest absolute Gasteiger partial charge is 0.328 e. The summed E-state index contributed by atoms with van der Waals surface area (Å²) in [6.07, 6.45) is 5.84. The normalized spacial score (nSPS) is 27.6. The van der Waals surface area contributed by atoms with Gasteiger partial charge in [-0.25, -0.2) is 8.78 Å². The molecule has 2 nitrogen and oxygen atoms in total. The van der Waals surface area contributed by atoms with Crippen LogP contribution in [-0.4, -0.2) is 18.4 Å². The molecule has 0 N–H and O–H groups in total. The van der Waals surface area contributed by atoms with Gasteiger partial charge >= 0.3 is 0 Å². The zero-order valence-corrected chi connectivity index (χ0v) is 12.5. The van der Waals surface area contributed by atoms with Crippen molar-refractivity contribution in [2.45, 2.75) is 32.9 Å². The molecule has 0 aromatic rings. The van der Waals surface area contributed by atoms with Crippen LogP contribution in [0.25, 0.3) is 0 Å². The highest BCUT2D eigenvalue weighted by atomic mass is 31.2. The van der Waals surface area contributed by atoms with E-state index in [1.54, 1.807) is 6.92 Å². The van der Waals surface area contributed by atoms with Crippen molar-refractivity contribution in [2.75, 3.05) is 12.8 Å². The summed E-state index contributed by atoms with van der Waals surface area (Å²) in [7, 11) is -2.78. The van der Waals surface area contributed by atoms with E-state index in [-0.39, 0.29) is 11.8 Å². The number of hydrogen-bond donors (Lipinski definition) is 0. The van der Waals surface area contributed by atoms with Gasteiger partial charge in [0.2, 0.25) is 7.37 Å². The van der Waals surface area contributed by atoms with E-state index in [4.69, 9.17) is 4.52 Å². The summed E-state index contributed by atoms with van der Waals surface area (Å²) < 4.78 is 43.7. The van der Waals surface area contributed by atoms with Gasteiger partial charge in [-0.15, -0.1) is 0 Å². The number of allylic oxidation sites excluding steroid dienone is 6. The molecular weight excluding hydrogens is 269 g/mol. The van der Waals surface area contributed by atoms with E-state index >= 15 is 0 Å². The molecule has 0 aromatic carbocycles. The summed E-state index contributed by atoms with van der Waals surface area (Å²) in [6, 6.07) is 0. The topological polar surface area (TPSA) is 26.3 Å². The van der Waals surface area contributed by atoms with Gasteiger partial charge in [0, 0.05) is 11.8 Å². The molecule has 19 heavy (non-hydrogen) atoms. The van der Waals surface area contributed by atoms with Crippen molar-refractivity contribution in [2.24, 2.45) is 5.92 Å². The highest BCUT2D eigenvalue weighted by Crippen LogP contribution is 2.64. The zero-order chi connectivity index (χ0) is 14.5. The first-order chi connectivity index (χ1) is 8.89. The predicted molar refractivity (Wildman–Crippen MR) is 74.9 cm³/mol. The monoisotopic (exact) mass is 290 g/mol. The second-order valence-electron chi connectivity index (χ2n) is 4.81. The van der Waals surface area contributed by atoms with Crippen LogP contribution in [-0.2, 0) is 9.09 Å². The first-order valence-corrected chi connectivity index (χ1v) is 8.36. The molecule has 1 rings (SSSR count). The Morgan fingerprint density at radius 3 is 2.58 bits per heavy atom. The number of hydrogen-bond acceptors (Lipinski definition) is 2. The summed E-state index contributed by atoms with van der Waals surface area (Å²) in [5, 5.41) is 0. The van der Waals surface area contributed by atoms with Gasteiger partial charge < -0.3 is 4.52 Å². The van der Waals surface area contributed by atoms with Gasteiger partial charge in [-0.05, 0) is 44.4 Å². The second kappa shape index (κ2) is 7.16. The van der Waals surface area contributed by atoms with E-state index in [1.165, 1.54) is 25.2 Å². The lowest BCUT2D eigenvalue weighted by Gasteiger charge is -2.15. The lowest BCUT2D eigenvalue weighted by molar-refractivity contribution is 0.333. The molecule has 1 aliphatic carbocycles.